The predicted molar refractivity (Wildman–Crippen MR) is 96.0 cm³/mol. The zero-order valence-electron chi connectivity index (χ0n) is 13.4. The van der Waals surface area contributed by atoms with Crippen molar-refractivity contribution in [1.29, 1.82) is 0 Å². The number of benzene rings is 2. The van der Waals surface area contributed by atoms with Crippen LogP contribution in [0.5, 0.6) is 0 Å². The Hall–Kier alpha value is -3.48. The number of nitrogens with two attached hydrogens (primary N) is 2. The van der Waals surface area contributed by atoms with E-state index in [1.165, 1.54) is 7.69 Å². The first-order chi connectivity index (χ1) is 12.2. The Morgan fingerprint density at radius 2 is 1.16 bits per heavy atom. The third-order valence-corrected chi connectivity index (χ3v) is 3.89. The van der Waals surface area contributed by atoms with Crippen molar-refractivity contribution in [2.24, 2.45) is 0 Å². The van der Waals surface area contributed by atoms with E-state index in [2.05, 4.69) is 0 Å². The SMILES string of the molecule is Nc1ccc2c(ccc[n+]2O[B]O[n+]2cccc3cc(N)ccc32)c1. The van der Waals surface area contributed by atoms with Gasteiger partial charge in [0.1, 0.15) is 0 Å². The standard InChI is InChI=1S/C18H16BN4O2/c20-15-5-7-17-13(11-15)3-1-9-22(17)24-19-25-23-10-2-4-14-12-16(21)6-8-18(14)23/h1-12H,20-21H2/q+2. The van der Waals surface area contributed by atoms with E-state index in [4.69, 9.17) is 21.0 Å². The Morgan fingerprint density at radius 3 is 1.64 bits per heavy atom. The van der Waals surface area contributed by atoms with Gasteiger partial charge in [-0.15, -0.1) is 0 Å². The molecule has 4 rings (SSSR count). The van der Waals surface area contributed by atoms with Crippen LogP contribution in [0.15, 0.2) is 73.1 Å². The van der Waals surface area contributed by atoms with Gasteiger partial charge in [-0.25, -0.2) is 0 Å². The summed E-state index contributed by atoms with van der Waals surface area (Å²) >= 11 is 0. The van der Waals surface area contributed by atoms with E-state index in [0.29, 0.717) is 11.4 Å². The molecule has 0 bridgehead atoms. The first-order valence-corrected chi connectivity index (χ1v) is 7.76. The summed E-state index contributed by atoms with van der Waals surface area (Å²) in [4.78, 5) is 0. The second kappa shape index (κ2) is 6.20. The number of pyridine rings is 2. The number of hydrogen-bond donors (Lipinski definition) is 2. The lowest BCUT2D eigenvalue weighted by atomic mass is 10.2. The highest BCUT2D eigenvalue weighted by atomic mass is 16.7. The molecule has 0 saturated carbocycles. The lowest BCUT2D eigenvalue weighted by Gasteiger charge is -2.01. The maximum absolute atomic E-state index is 5.82. The average molecular weight is 331 g/mol. The molecule has 4 N–H and O–H groups in total. The van der Waals surface area contributed by atoms with E-state index in [1.807, 2.05) is 60.7 Å². The van der Waals surface area contributed by atoms with Gasteiger partial charge < -0.3 is 11.5 Å². The molecule has 7 heteroatoms. The molecule has 0 aliphatic carbocycles. The number of anilines is 2. The molecule has 0 atom stereocenters. The van der Waals surface area contributed by atoms with Gasteiger partial charge in [-0.3, -0.25) is 9.51 Å². The van der Waals surface area contributed by atoms with E-state index >= 15 is 0 Å². The Kier molecular flexibility index (Phi) is 3.74. The molecule has 2 aromatic carbocycles. The first kappa shape index (κ1) is 15.1. The van der Waals surface area contributed by atoms with Gasteiger partial charge in [-0.1, -0.05) is 0 Å². The normalized spacial score (nSPS) is 10.7. The molecular formula is C18H16BN4O2+2. The van der Waals surface area contributed by atoms with Gasteiger partial charge in [0.05, 0.1) is 10.8 Å². The van der Waals surface area contributed by atoms with Gasteiger partial charge in [-0.05, 0) is 45.9 Å². The number of fused-ring (bicyclic) bond motifs is 2. The largest absolute Gasteiger partial charge is 0.810 e. The van der Waals surface area contributed by atoms with E-state index in [9.17, 15) is 0 Å². The molecular weight excluding hydrogens is 315 g/mol. The molecule has 25 heavy (non-hydrogen) atoms. The number of nitrogen functional groups attached to an aromatic ring is 2. The van der Waals surface area contributed by atoms with Gasteiger partial charge in [0.15, 0.2) is 0 Å². The molecule has 2 heterocycles. The summed E-state index contributed by atoms with van der Waals surface area (Å²) in [5.74, 6) is 0. The highest BCUT2D eigenvalue weighted by Crippen LogP contribution is 2.13. The van der Waals surface area contributed by atoms with Gasteiger partial charge >= 0.3 is 7.69 Å². The lowest BCUT2D eigenvalue weighted by molar-refractivity contribution is -0.871. The number of aromatic nitrogens is 2. The molecule has 4 aromatic rings. The zero-order valence-corrected chi connectivity index (χ0v) is 13.4. The Morgan fingerprint density at radius 1 is 0.680 bits per heavy atom. The van der Waals surface area contributed by atoms with Crippen LogP contribution in [0.3, 0.4) is 0 Å². The van der Waals surface area contributed by atoms with Crippen LogP contribution in [-0.4, -0.2) is 7.69 Å². The van der Waals surface area contributed by atoms with Crippen molar-refractivity contribution in [2.45, 2.75) is 0 Å². The first-order valence-electron chi connectivity index (χ1n) is 7.76. The molecule has 121 valence electrons. The maximum atomic E-state index is 5.82. The fourth-order valence-corrected chi connectivity index (χ4v) is 2.72. The Bertz CT molecular complexity index is 986. The van der Waals surface area contributed by atoms with Gasteiger partial charge in [0, 0.05) is 35.6 Å². The van der Waals surface area contributed by atoms with E-state index in [-0.39, 0.29) is 0 Å². The second-order valence-electron chi connectivity index (χ2n) is 5.61. The monoisotopic (exact) mass is 331 g/mol. The molecule has 0 aliphatic rings. The molecule has 0 spiro atoms. The summed E-state index contributed by atoms with van der Waals surface area (Å²) in [7, 11) is 1.27. The van der Waals surface area contributed by atoms with Crippen molar-refractivity contribution in [3.63, 3.8) is 0 Å². The van der Waals surface area contributed by atoms with Crippen LogP contribution < -0.4 is 30.4 Å². The lowest BCUT2D eigenvalue weighted by Crippen LogP contribution is -2.54. The fraction of sp³-hybridized carbons (Fsp3) is 0. The predicted octanol–water partition coefficient (Wildman–Crippen LogP) is 0.824. The van der Waals surface area contributed by atoms with Crippen molar-refractivity contribution in [1.82, 2.24) is 0 Å². The molecule has 0 amide bonds. The van der Waals surface area contributed by atoms with Gasteiger partial charge in [0.25, 0.3) is 11.0 Å². The van der Waals surface area contributed by atoms with Crippen LogP contribution in [0, 0.1) is 0 Å². The molecule has 2 aromatic heterocycles. The molecule has 0 unspecified atom stereocenters. The fourth-order valence-electron chi connectivity index (χ4n) is 2.72. The van der Waals surface area contributed by atoms with Crippen molar-refractivity contribution < 1.29 is 19.0 Å². The third kappa shape index (κ3) is 2.99. The minimum absolute atomic E-state index is 0.705. The Balaban J connectivity index is 1.55. The number of hydrogen-bond acceptors (Lipinski definition) is 4. The van der Waals surface area contributed by atoms with Crippen molar-refractivity contribution in [3.05, 3.63) is 73.1 Å². The zero-order chi connectivity index (χ0) is 17.2. The van der Waals surface area contributed by atoms with Crippen LogP contribution >= 0.6 is 0 Å². The summed E-state index contributed by atoms with van der Waals surface area (Å²) in [6.45, 7) is 0. The summed E-state index contributed by atoms with van der Waals surface area (Å²) in [5.41, 5.74) is 14.8. The highest BCUT2D eigenvalue weighted by molar-refractivity contribution is 6.17. The summed E-state index contributed by atoms with van der Waals surface area (Å²) < 4.78 is 14.5. The number of nitrogens with zero attached hydrogens (tertiary/aromatic N) is 2. The Labute approximate surface area is 145 Å². The molecule has 6 nitrogen and oxygen atoms in total. The van der Waals surface area contributed by atoms with E-state index in [1.54, 1.807) is 21.9 Å². The summed E-state index contributed by atoms with van der Waals surface area (Å²) in [5, 5.41) is 1.95. The molecule has 0 fully saturated rings. The third-order valence-electron chi connectivity index (χ3n) is 3.89. The van der Waals surface area contributed by atoms with Crippen LogP contribution in [0.1, 0.15) is 0 Å². The number of rotatable bonds is 4. The van der Waals surface area contributed by atoms with E-state index in [0.717, 1.165) is 21.8 Å². The smallest absolute Gasteiger partial charge is 0.399 e. The summed E-state index contributed by atoms with van der Waals surface area (Å²) in [6.07, 6.45) is 3.60. The van der Waals surface area contributed by atoms with Crippen molar-refractivity contribution in [3.8, 4) is 0 Å². The summed E-state index contributed by atoms with van der Waals surface area (Å²) in [6, 6.07) is 18.9. The van der Waals surface area contributed by atoms with Crippen LogP contribution in [0.4, 0.5) is 11.4 Å². The van der Waals surface area contributed by atoms with Gasteiger partial charge in [-0.2, -0.15) is 0 Å². The topological polar surface area (TPSA) is 78.3 Å². The van der Waals surface area contributed by atoms with Crippen LogP contribution in [0.25, 0.3) is 21.8 Å². The minimum Gasteiger partial charge on any atom is -0.399 e. The van der Waals surface area contributed by atoms with Gasteiger partial charge in [0.2, 0.25) is 12.4 Å². The van der Waals surface area contributed by atoms with Crippen molar-refractivity contribution in [2.75, 3.05) is 11.5 Å². The molecule has 1 radical (unpaired) electrons. The average Bonchev–Trinajstić information content (AvgIpc) is 2.61. The highest BCUT2D eigenvalue weighted by Gasteiger charge is 2.19. The van der Waals surface area contributed by atoms with Crippen LogP contribution in [0.2, 0.25) is 0 Å². The quantitative estimate of drug-likeness (QED) is 0.330. The minimum atomic E-state index is 0.705. The maximum Gasteiger partial charge on any atom is 0.810 e. The molecule has 0 saturated heterocycles. The van der Waals surface area contributed by atoms with E-state index < -0.39 is 0 Å². The van der Waals surface area contributed by atoms with Crippen molar-refractivity contribution >= 4 is 40.9 Å². The molecule has 0 aliphatic heterocycles. The van der Waals surface area contributed by atoms with Crippen LogP contribution in [-0.2, 0) is 0 Å². The second-order valence-corrected chi connectivity index (χ2v) is 5.61.